The van der Waals surface area contributed by atoms with Crippen LogP contribution in [0, 0.1) is 6.92 Å². The molecule has 2 aliphatic rings. The molecule has 5 nitrogen and oxygen atoms in total. The summed E-state index contributed by atoms with van der Waals surface area (Å²) in [5, 5.41) is 2.32. The van der Waals surface area contributed by atoms with Gasteiger partial charge in [0, 0.05) is 42.3 Å². The van der Waals surface area contributed by atoms with Crippen LogP contribution in [-0.4, -0.2) is 42.7 Å². The number of carbonyl (C=O) groups excluding carboxylic acids is 1. The van der Waals surface area contributed by atoms with Crippen LogP contribution in [0.4, 0.5) is 17.1 Å². The molecule has 2 heterocycles. The first-order valence-corrected chi connectivity index (χ1v) is 14.8. The van der Waals surface area contributed by atoms with Crippen molar-refractivity contribution in [3.05, 3.63) is 92.8 Å². The van der Waals surface area contributed by atoms with Crippen molar-refractivity contribution in [3.63, 3.8) is 0 Å². The molecule has 1 saturated heterocycles. The summed E-state index contributed by atoms with van der Waals surface area (Å²) >= 11 is 9.34. The van der Waals surface area contributed by atoms with E-state index in [4.69, 9.17) is 16.6 Å². The van der Waals surface area contributed by atoms with Crippen molar-refractivity contribution in [2.24, 2.45) is 4.99 Å². The molecule has 3 aromatic carbocycles. The minimum Gasteiger partial charge on any atom is -0.372 e. The van der Waals surface area contributed by atoms with E-state index < -0.39 is 0 Å². The van der Waals surface area contributed by atoms with E-state index in [1.807, 2.05) is 48.3 Å². The number of amidine groups is 1. The molecule has 1 fully saturated rings. The highest BCUT2D eigenvalue weighted by Gasteiger charge is 2.39. The van der Waals surface area contributed by atoms with E-state index in [2.05, 4.69) is 60.9 Å². The Balaban J connectivity index is 1.50. The third kappa shape index (κ3) is 5.33. The lowest BCUT2D eigenvalue weighted by Crippen LogP contribution is -2.31. The smallest absolute Gasteiger partial charge is 0.269 e. The summed E-state index contributed by atoms with van der Waals surface area (Å²) in [4.78, 5) is 26.9. The number of thioether (sulfide) groups is 2. The standard InChI is InChI=1S/C30H31ClN4OS2/c1-5-34(6-2)23-13-14-24(20(3)18-23)32-30-35(17-16-21-10-8-7-9-11-21)28(36)27(38-30)29-33(4)25-19-22(31)12-15-26(25)37-29/h7-15,18-19H,5-6,16-17H2,1-4H3. The fourth-order valence-electron chi connectivity index (χ4n) is 4.67. The van der Waals surface area contributed by atoms with E-state index in [1.165, 1.54) is 23.0 Å². The van der Waals surface area contributed by atoms with Gasteiger partial charge >= 0.3 is 0 Å². The van der Waals surface area contributed by atoms with Crippen molar-refractivity contribution in [2.75, 3.05) is 36.5 Å². The van der Waals surface area contributed by atoms with E-state index in [-0.39, 0.29) is 5.91 Å². The maximum atomic E-state index is 13.9. The number of aliphatic imine (C=N–C) groups is 1. The monoisotopic (exact) mass is 562 g/mol. The van der Waals surface area contributed by atoms with Gasteiger partial charge in [0.15, 0.2) is 5.17 Å². The molecule has 0 radical (unpaired) electrons. The highest BCUT2D eigenvalue weighted by atomic mass is 35.5. The van der Waals surface area contributed by atoms with Gasteiger partial charge in [-0.25, -0.2) is 4.99 Å². The fourth-order valence-corrected chi connectivity index (χ4v) is 7.18. The van der Waals surface area contributed by atoms with Gasteiger partial charge in [0.25, 0.3) is 5.91 Å². The number of anilines is 2. The zero-order valence-electron chi connectivity index (χ0n) is 22.1. The molecular formula is C30H31ClN4OS2. The molecule has 0 aromatic heterocycles. The number of benzene rings is 3. The van der Waals surface area contributed by atoms with Crippen LogP contribution in [0.3, 0.4) is 0 Å². The number of hydrogen-bond donors (Lipinski definition) is 0. The topological polar surface area (TPSA) is 39.1 Å². The lowest BCUT2D eigenvalue weighted by molar-refractivity contribution is -0.122. The first-order chi connectivity index (χ1) is 18.4. The number of carbonyl (C=O) groups is 1. The summed E-state index contributed by atoms with van der Waals surface area (Å²) in [6.07, 6.45) is 0.757. The average molecular weight is 563 g/mol. The number of nitrogens with zero attached hydrogens (tertiary/aromatic N) is 4. The molecule has 0 N–H and O–H groups in total. The maximum absolute atomic E-state index is 13.9. The van der Waals surface area contributed by atoms with Crippen molar-refractivity contribution in [3.8, 4) is 0 Å². The van der Waals surface area contributed by atoms with Crippen LogP contribution in [0.2, 0.25) is 5.02 Å². The highest BCUT2D eigenvalue weighted by Crippen LogP contribution is 2.50. The zero-order valence-corrected chi connectivity index (χ0v) is 24.5. The molecule has 8 heteroatoms. The van der Waals surface area contributed by atoms with Gasteiger partial charge in [0.2, 0.25) is 0 Å². The van der Waals surface area contributed by atoms with Gasteiger partial charge < -0.3 is 9.80 Å². The van der Waals surface area contributed by atoms with E-state index in [0.717, 1.165) is 51.5 Å². The van der Waals surface area contributed by atoms with E-state index in [0.29, 0.717) is 16.5 Å². The van der Waals surface area contributed by atoms with E-state index >= 15 is 0 Å². The SMILES string of the molecule is CCN(CC)c1ccc(N=C2SC(=C3Sc4ccc(Cl)cc4N3C)C(=O)N2CCc2ccccc2)c(C)c1. The van der Waals surface area contributed by atoms with Gasteiger partial charge in [-0.15, -0.1) is 0 Å². The van der Waals surface area contributed by atoms with Gasteiger partial charge in [-0.1, -0.05) is 53.7 Å². The van der Waals surface area contributed by atoms with Crippen LogP contribution in [0.5, 0.6) is 0 Å². The van der Waals surface area contributed by atoms with Crippen molar-refractivity contribution in [2.45, 2.75) is 32.1 Å². The van der Waals surface area contributed by atoms with Gasteiger partial charge in [-0.3, -0.25) is 9.69 Å². The minimum atomic E-state index is -0.00431. The van der Waals surface area contributed by atoms with Gasteiger partial charge in [-0.2, -0.15) is 0 Å². The molecule has 38 heavy (non-hydrogen) atoms. The molecular weight excluding hydrogens is 532 g/mol. The van der Waals surface area contributed by atoms with Crippen molar-refractivity contribution < 1.29 is 4.79 Å². The van der Waals surface area contributed by atoms with Crippen LogP contribution in [0.15, 0.2) is 86.6 Å². The summed E-state index contributed by atoms with van der Waals surface area (Å²) in [6.45, 7) is 8.89. The lowest BCUT2D eigenvalue weighted by atomic mass is 10.1. The van der Waals surface area contributed by atoms with Crippen LogP contribution in [0.1, 0.15) is 25.0 Å². The van der Waals surface area contributed by atoms with Gasteiger partial charge in [0.1, 0.15) is 4.91 Å². The third-order valence-electron chi connectivity index (χ3n) is 6.84. The first-order valence-electron chi connectivity index (χ1n) is 12.8. The number of aryl methyl sites for hydroxylation is 1. The lowest BCUT2D eigenvalue weighted by Gasteiger charge is -2.22. The molecule has 196 valence electrons. The summed E-state index contributed by atoms with van der Waals surface area (Å²) in [5.41, 5.74) is 5.38. The number of rotatable bonds is 7. The minimum absolute atomic E-state index is 0.00431. The predicted molar refractivity (Wildman–Crippen MR) is 164 cm³/mol. The largest absolute Gasteiger partial charge is 0.372 e. The van der Waals surface area contributed by atoms with E-state index in [9.17, 15) is 4.79 Å². The Morgan fingerprint density at radius 3 is 2.45 bits per heavy atom. The molecule has 0 bridgehead atoms. The molecule has 2 aliphatic heterocycles. The second-order valence-electron chi connectivity index (χ2n) is 9.24. The highest BCUT2D eigenvalue weighted by molar-refractivity contribution is 8.19. The van der Waals surface area contributed by atoms with Crippen LogP contribution >= 0.6 is 35.1 Å². The van der Waals surface area contributed by atoms with E-state index in [1.54, 1.807) is 11.8 Å². The predicted octanol–water partition coefficient (Wildman–Crippen LogP) is 7.71. The van der Waals surface area contributed by atoms with Crippen LogP contribution in [-0.2, 0) is 11.2 Å². The quantitative estimate of drug-likeness (QED) is 0.276. The Morgan fingerprint density at radius 1 is 0.974 bits per heavy atom. The molecule has 1 amide bonds. The van der Waals surface area contributed by atoms with Crippen molar-refractivity contribution >= 4 is 63.3 Å². The maximum Gasteiger partial charge on any atom is 0.269 e. The molecule has 5 rings (SSSR count). The summed E-state index contributed by atoms with van der Waals surface area (Å²) in [5.74, 6) is -0.00431. The normalized spacial score (nSPS) is 18.0. The van der Waals surface area contributed by atoms with Gasteiger partial charge in [-0.05, 0) is 86.5 Å². The Kier molecular flexibility index (Phi) is 8.07. The average Bonchev–Trinajstić information content (AvgIpc) is 3.40. The number of fused-ring (bicyclic) bond motifs is 1. The second kappa shape index (κ2) is 11.5. The van der Waals surface area contributed by atoms with Gasteiger partial charge in [0.05, 0.1) is 16.4 Å². The number of amides is 1. The molecule has 0 aliphatic carbocycles. The summed E-state index contributed by atoms with van der Waals surface area (Å²) in [6, 6.07) is 22.5. The number of hydrogen-bond acceptors (Lipinski definition) is 6. The van der Waals surface area contributed by atoms with Crippen molar-refractivity contribution in [1.82, 2.24) is 4.90 Å². The summed E-state index contributed by atoms with van der Waals surface area (Å²) < 4.78 is 0. The second-order valence-corrected chi connectivity index (χ2v) is 11.7. The molecule has 0 spiro atoms. The summed E-state index contributed by atoms with van der Waals surface area (Å²) in [7, 11) is 1.99. The van der Waals surface area contributed by atoms with Crippen LogP contribution in [0.25, 0.3) is 0 Å². The number of halogens is 1. The molecule has 0 saturated carbocycles. The Hall–Kier alpha value is -2.87. The Bertz CT molecular complexity index is 1420. The first kappa shape index (κ1) is 26.7. The van der Waals surface area contributed by atoms with Crippen LogP contribution < -0.4 is 9.80 Å². The third-order valence-corrected chi connectivity index (χ3v) is 9.51. The Morgan fingerprint density at radius 2 is 1.74 bits per heavy atom. The molecule has 0 unspecified atom stereocenters. The Labute approximate surface area is 238 Å². The zero-order chi connectivity index (χ0) is 26.8. The van der Waals surface area contributed by atoms with Crippen molar-refractivity contribution in [1.29, 1.82) is 0 Å². The molecule has 3 aromatic rings. The fraction of sp³-hybridized carbons (Fsp3) is 0.267. The molecule has 0 atom stereocenters.